The Hall–Kier alpha value is -1.69. The number of aromatic amines is 1. The Labute approximate surface area is 125 Å². The fourth-order valence-corrected chi connectivity index (χ4v) is 2.44. The molecular weight excluding hydrogens is 320 g/mol. The number of carbonyl (C=O) groups is 1. The number of rotatable bonds is 4. The maximum Gasteiger partial charge on any atom is 0.293 e. The van der Waals surface area contributed by atoms with Crippen LogP contribution in [0.4, 0.5) is 0 Å². The Morgan fingerprint density at radius 2 is 2.20 bits per heavy atom. The van der Waals surface area contributed by atoms with Crippen molar-refractivity contribution in [2.45, 2.75) is 25.3 Å². The maximum atomic E-state index is 12.3. The van der Waals surface area contributed by atoms with E-state index in [1.165, 1.54) is 0 Å². The van der Waals surface area contributed by atoms with Crippen LogP contribution in [-0.4, -0.2) is 33.0 Å². The standard InChI is InChI=1S/C14H15BrN4O/c1-19(8-10-4-2-3-5-11(10)15)14(20)13-16-12(17-18-13)9-6-7-9/h2-5,9H,6-8H2,1H3,(H,16,17,18). The molecule has 1 heterocycles. The second-order valence-corrected chi connectivity index (χ2v) is 5.93. The first-order valence-electron chi connectivity index (χ1n) is 6.56. The SMILES string of the molecule is CN(Cc1ccccc1Br)C(=O)c1n[nH]c(C2CC2)n1. The van der Waals surface area contributed by atoms with Crippen LogP contribution >= 0.6 is 15.9 Å². The summed E-state index contributed by atoms with van der Waals surface area (Å²) < 4.78 is 0.994. The number of hydrogen-bond acceptors (Lipinski definition) is 3. The molecule has 0 bridgehead atoms. The van der Waals surface area contributed by atoms with E-state index in [2.05, 4.69) is 31.1 Å². The number of nitrogens with zero attached hydrogens (tertiary/aromatic N) is 3. The highest BCUT2D eigenvalue weighted by molar-refractivity contribution is 9.10. The van der Waals surface area contributed by atoms with Gasteiger partial charge in [-0.25, -0.2) is 4.98 Å². The van der Waals surface area contributed by atoms with Gasteiger partial charge in [0.1, 0.15) is 5.82 Å². The number of amides is 1. The second kappa shape index (κ2) is 5.36. The number of aromatic nitrogens is 3. The first-order valence-corrected chi connectivity index (χ1v) is 7.35. The van der Waals surface area contributed by atoms with E-state index in [-0.39, 0.29) is 11.7 Å². The van der Waals surface area contributed by atoms with Crippen LogP contribution in [0.15, 0.2) is 28.7 Å². The molecule has 2 aromatic rings. The molecule has 104 valence electrons. The van der Waals surface area contributed by atoms with Gasteiger partial charge in [-0.05, 0) is 24.5 Å². The third kappa shape index (κ3) is 2.75. The lowest BCUT2D eigenvalue weighted by Crippen LogP contribution is -2.27. The van der Waals surface area contributed by atoms with E-state index in [4.69, 9.17) is 0 Å². The van der Waals surface area contributed by atoms with Crippen LogP contribution in [0.5, 0.6) is 0 Å². The quantitative estimate of drug-likeness (QED) is 0.934. The van der Waals surface area contributed by atoms with E-state index >= 15 is 0 Å². The van der Waals surface area contributed by atoms with Crippen LogP contribution in [0.3, 0.4) is 0 Å². The summed E-state index contributed by atoms with van der Waals surface area (Å²) in [4.78, 5) is 18.2. The molecule has 0 atom stereocenters. The summed E-state index contributed by atoms with van der Waals surface area (Å²) in [5, 5.41) is 6.88. The van der Waals surface area contributed by atoms with E-state index in [0.29, 0.717) is 12.5 Å². The first kappa shape index (κ1) is 13.3. The average Bonchev–Trinajstić information content (AvgIpc) is 3.18. The number of halogens is 1. The predicted octanol–water partition coefficient (Wildman–Crippen LogP) is 2.72. The highest BCUT2D eigenvalue weighted by Gasteiger charge is 2.28. The van der Waals surface area contributed by atoms with Gasteiger partial charge in [0.2, 0.25) is 5.82 Å². The molecular formula is C14H15BrN4O. The molecule has 3 rings (SSSR count). The molecule has 0 aliphatic heterocycles. The van der Waals surface area contributed by atoms with Crippen LogP contribution in [0, 0.1) is 0 Å². The van der Waals surface area contributed by atoms with Crippen LogP contribution in [0.25, 0.3) is 0 Å². The average molecular weight is 335 g/mol. The highest BCUT2D eigenvalue weighted by Crippen LogP contribution is 2.37. The van der Waals surface area contributed by atoms with Crippen LogP contribution < -0.4 is 0 Å². The summed E-state index contributed by atoms with van der Waals surface area (Å²) in [6.45, 7) is 0.521. The number of benzene rings is 1. The minimum Gasteiger partial charge on any atom is -0.335 e. The lowest BCUT2D eigenvalue weighted by Gasteiger charge is -2.16. The van der Waals surface area contributed by atoms with Gasteiger partial charge in [0.05, 0.1) is 0 Å². The Balaban J connectivity index is 1.71. The fraction of sp³-hybridized carbons (Fsp3) is 0.357. The molecule has 1 amide bonds. The minimum atomic E-state index is -0.163. The topological polar surface area (TPSA) is 61.9 Å². The second-order valence-electron chi connectivity index (χ2n) is 5.07. The van der Waals surface area contributed by atoms with E-state index in [9.17, 15) is 4.79 Å². The van der Waals surface area contributed by atoms with E-state index < -0.39 is 0 Å². The smallest absolute Gasteiger partial charge is 0.293 e. The van der Waals surface area contributed by atoms with Crippen LogP contribution in [-0.2, 0) is 6.54 Å². The van der Waals surface area contributed by atoms with Crippen molar-refractivity contribution < 1.29 is 4.79 Å². The molecule has 5 nitrogen and oxygen atoms in total. The number of nitrogens with one attached hydrogen (secondary N) is 1. The minimum absolute atomic E-state index is 0.163. The molecule has 0 unspecified atom stereocenters. The lowest BCUT2D eigenvalue weighted by atomic mass is 10.2. The summed E-state index contributed by atoms with van der Waals surface area (Å²) in [7, 11) is 1.76. The van der Waals surface area contributed by atoms with Crippen molar-refractivity contribution in [3.05, 3.63) is 46.0 Å². The fourth-order valence-electron chi connectivity index (χ4n) is 2.03. The van der Waals surface area contributed by atoms with Gasteiger partial charge in [0.25, 0.3) is 5.91 Å². The first-order chi connectivity index (χ1) is 9.65. The van der Waals surface area contributed by atoms with E-state index in [0.717, 1.165) is 28.7 Å². The summed E-state index contributed by atoms with van der Waals surface area (Å²) in [5.41, 5.74) is 1.06. The molecule has 1 saturated carbocycles. The van der Waals surface area contributed by atoms with E-state index in [1.807, 2.05) is 24.3 Å². The zero-order chi connectivity index (χ0) is 14.1. The molecule has 20 heavy (non-hydrogen) atoms. The largest absolute Gasteiger partial charge is 0.335 e. The predicted molar refractivity (Wildman–Crippen MR) is 78.3 cm³/mol. The van der Waals surface area contributed by atoms with Crippen molar-refractivity contribution in [1.82, 2.24) is 20.1 Å². The molecule has 0 radical (unpaired) electrons. The monoisotopic (exact) mass is 334 g/mol. The Morgan fingerprint density at radius 3 is 2.90 bits per heavy atom. The number of H-pyrrole nitrogens is 1. The Bertz CT molecular complexity index is 636. The molecule has 1 aromatic carbocycles. The van der Waals surface area contributed by atoms with Gasteiger partial charge in [-0.2, -0.15) is 0 Å². The Morgan fingerprint density at radius 1 is 1.45 bits per heavy atom. The molecule has 1 aromatic heterocycles. The van der Waals surface area contributed by atoms with Crippen molar-refractivity contribution in [3.63, 3.8) is 0 Å². The molecule has 1 aliphatic carbocycles. The van der Waals surface area contributed by atoms with Crippen molar-refractivity contribution >= 4 is 21.8 Å². The zero-order valence-electron chi connectivity index (χ0n) is 11.1. The van der Waals surface area contributed by atoms with Crippen molar-refractivity contribution in [2.24, 2.45) is 0 Å². The number of hydrogen-bond donors (Lipinski definition) is 1. The molecule has 1 N–H and O–H groups in total. The highest BCUT2D eigenvalue weighted by atomic mass is 79.9. The summed E-state index contributed by atoms with van der Waals surface area (Å²) >= 11 is 3.49. The zero-order valence-corrected chi connectivity index (χ0v) is 12.7. The molecule has 0 spiro atoms. The van der Waals surface area contributed by atoms with Crippen LogP contribution in [0.2, 0.25) is 0 Å². The van der Waals surface area contributed by atoms with Gasteiger partial charge in [-0.15, -0.1) is 5.10 Å². The van der Waals surface area contributed by atoms with Gasteiger partial charge < -0.3 is 4.90 Å². The van der Waals surface area contributed by atoms with Crippen LogP contribution in [0.1, 0.15) is 40.8 Å². The maximum absolute atomic E-state index is 12.3. The van der Waals surface area contributed by atoms with Gasteiger partial charge in [-0.1, -0.05) is 34.1 Å². The van der Waals surface area contributed by atoms with Gasteiger partial charge in [0, 0.05) is 24.0 Å². The molecule has 1 fully saturated rings. The number of carbonyl (C=O) groups excluding carboxylic acids is 1. The van der Waals surface area contributed by atoms with Crippen molar-refractivity contribution in [2.75, 3.05) is 7.05 Å². The third-order valence-electron chi connectivity index (χ3n) is 3.37. The van der Waals surface area contributed by atoms with Gasteiger partial charge in [-0.3, -0.25) is 9.89 Å². The Kier molecular flexibility index (Phi) is 3.56. The van der Waals surface area contributed by atoms with Gasteiger partial charge in [0.15, 0.2) is 0 Å². The summed E-state index contributed by atoms with van der Waals surface area (Å²) in [5.74, 6) is 1.39. The molecule has 6 heteroatoms. The normalized spacial score (nSPS) is 14.3. The summed E-state index contributed by atoms with van der Waals surface area (Å²) in [6, 6.07) is 7.86. The van der Waals surface area contributed by atoms with Crippen molar-refractivity contribution in [3.8, 4) is 0 Å². The lowest BCUT2D eigenvalue weighted by molar-refractivity contribution is 0.0773. The summed E-state index contributed by atoms with van der Waals surface area (Å²) in [6.07, 6.45) is 2.27. The van der Waals surface area contributed by atoms with E-state index in [1.54, 1.807) is 11.9 Å². The van der Waals surface area contributed by atoms with Gasteiger partial charge >= 0.3 is 0 Å². The van der Waals surface area contributed by atoms with Crippen molar-refractivity contribution in [1.29, 1.82) is 0 Å². The molecule has 1 aliphatic rings. The third-order valence-corrected chi connectivity index (χ3v) is 4.14. The molecule has 0 saturated heterocycles.